The molecule has 0 spiro atoms. The second-order valence-corrected chi connectivity index (χ2v) is 9.93. The van der Waals surface area contributed by atoms with Crippen LogP contribution in [0, 0.1) is 42.6 Å². The maximum Gasteiger partial charge on any atom is 0.206 e. The fourth-order valence-corrected chi connectivity index (χ4v) is 4.20. The number of thiol groups is 1. The molecule has 0 aliphatic rings. The van der Waals surface area contributed by atoms with Crippen LogP contribution in [0.1, 0.15) is 37.0 Å². The van der Waals surface area contributed by atoms with Gasteiger partial charge in [-0.25, -0.2) is 13.2 Å². The maximum atomic E-state index is 15.6. The van der Waals surface area contributed by atoms with Crippen molar-refractivity contribution in [1.29, 1.82) is 5.41 Å². The van der Waals surface area contributed by atoms with Crippen molar-refractivity contribution in [3.63, 3.8) is 0 Å². The molecule has 39 heavy (non-hydrogen) atoms. The smallest absolute Gasteiger partial charge is 0.206 e. The van der Waals surface area contributed by atoms with E-state index in [1.165, 1.54) is 6.07 Å². The Morgan fingerprint density at radius 3 is 2.51 bits per heavy atom. The molecule has 0 fully saturated rings. The van der Waals surface area contributed by atoms with Gasteiger partial charge in [0, 0.05) is 26.9 Å². The number of hydrogen-bond acceptors (Lipinski definition) is 6. The number of halogens is 3. The number of nitrogens with zero attached hydrogens (tertiary/aromatic N) is 1. The molecule has 0 bridgehead atoms. The van der Waals surface area contributed by atoms with E-state index in [0.29, 0.717) is 17.2 Å². The molecule has 0 aliphatic heterocycles. The molecule has 0 heterocycles. The lowest BCUT2D eigenvalue weighted by atomic mass is 9.97. The number of nitrogens with two attached hydrogens (primary N) is 1. The van der Waals surface area contributed by atoms with Crippen LogP contribution in [0.15, 0.2) is 67.0 Å². The van der Waals surface area contributed by atoms with Crippen LogP contribution in [0.2, 0.25) is 0 Å². The third-order valence-electron chi connectivity index (χ3n) is 6.63. The summed E-state index contributed by atoms with van der Waals surface area (Å²) in [6.07, 6.45) is 4.49. The van der Waals surface area contributed by atoms with Gasteiger partial charge < -0.3 is 11.1 Å². The van der Waals surface area contributed by atoms with Gasteiger partial charge in [0.15, 0.2) is 11.6 Å². The number of anilines is 2. The molecule has 0 radical (unpaired) electrons. The Balaban J connectivity index is 1.97. The van der Waals surface area contributed by atoms with Gasteiger partial charge in [-0.3, -0.25) is 5.41 Å². The Kier molecular flexibility index (Phi) is 9.16. The number of nitrogens with one attached hydrogen (secondary N) is 3. The van der Waals surface area contributed by atoms with Crippen molar-refractivity contribution in [2.75, 3.05) is 11.2 Å². The van der Waals surface area contributed by atoms with Gasteiger partial charge in [-0.2, -0.15) is 10.6 Å². The van der Waals surface area contributed by atoms with Crippen LogP contribution in [-0.4, -0.2) is 10.9 Å². The van der Waals surface area contributed by atoms with Crippen molar-refractivity contribution in [1.82, 2.24) is 9.48 Å². The van der Waals surface area contributed by atoms with Gasteiger partial charge in [-0.05, 0) is 49.7 Å². The second kappa shape index (κ2) is 12.0. The summed E-state index contributed by atoms with van der Waals surface area (Å²) in [6, 6.07) is 9.62. The first-order valence-corrected chi connectivity index (χ1v) is 12.7. The molecule has 6 nitrogen and oxygen atoms in total. The van der Waals surface area contributed by atoms with Crippen molar-refractivity contribution in [3.8, 4) is 11.1 Å². The molecule has 0 saturated heterocycles. The second-order valence-electron chi connectivity index (χ2n) is 9.35. The minimum atomic E-state index is -1.24. The molecule has 3 rings (SSSR count). The minimum absolute atomic E-state index is 0.0112. The Morgan fingerprint density at radius 2 is 1.85 bits per heavy atom. The zero-order valence-electron chi connectivity index (χ0n) is 22.2. The van der Waals surface area contributed by atoms with E-state index in [1.54, 1.807) is 25.3 Å². The van der Waals surface area contributed by atoms with Crippen LogP contribution >= 0.6 is 12.8 Å². The largest absolute Gasteiger partial charge is 0.396 e. The van der Waals surface area contributed by atoms with E-state index in [-0.39, 0.29) is 22.7 Å². The number of nitrogen functional groups attached to an aromatic ring is 1. The molecule has 0 saturated carbocycles. The third-order valence-corrected chi connectivity index (χ3v) is 6.94. The van der Waals surface area contributed by atoms with Crippen molar-refractivity contribution >= 4 is 35.6 Å². The zero-order chi connectivity index (χ0) is 29.1. The zero-order valence-corrected chi connectivity index (χ0v) is 23.1. The van der Waals surface area contributed by atoms with Crippen LogP contribution in [0.25, 0.3) is 11.1 Å². The van der Waals surface area contributed by atoms with Crippen molar-refractivity contribution in [3.05, 3.63) is 101 Å². The highest BCUT2D eigenvalue weighted by Gasteiger charge is 2.31. The maximum absolute atomic E-state index is 15.6. The molecule has 2 atom stereocenters. The standard InChI is InChI=1S/C29H33F3N5OS/c1-6-16(2)14-15-35-19(5)28(33)21-11-10-20(26(31)29(21)34)25-22(30)12-13-23(27(25)32)36-37(38,39)24-9-7-8-17(3)18(24)4/h7-16,33,35-36,38-39H,5-6,34H2,1-4H3/q+1/b15-14-,33-28?/t16-,37?/m1/s1. The summed E-state index contributed by atoms with van der Waals surface area (Å²) < 4.78 is 44.7. The Morgan fingerprint density at radius 1 is 1.15 bits per heavy atom. The Labute approximate surface area is 232 Å². The number of quaternary nitrogens is 1. The number of aryl methyl sites for hydroxylation is 1. The van der Waals surface area contributed by atoms with E-state index >= 15 is 8.78 Å². The predicted molar refractivity (Wildman–Crippen MR) is 156 cm³/mol. The van der Waals surface area contributed by atoms with E-state index in [9.17, 15) is 9.60 Å². The van der Waals surface area contributed by atoms with Crippen molar-refractivity contribution in [2.45, 2.75) is 34.1 Å². The minimum Gasteiger partial charge on any atom is -0.396 e. The molecule has 1 unspecified atom stereocenters. The molecule has 3 aromatic carbocycles. The summed E-state index contributed by atoms with van der Waals surface area (Å²) in [7, 11) is 0. The Hall–Kier alpha value is -3.73. The first kappa shape index (κ1) is 29.8. The highest BCUT2D eigenvalue weighted by molar-refractivity contribution is 7.79. The van der Waals surface area contributed by atoms with E-state index in [2.05, 4.69) is 30.1 Å². The molecular formula is C29H33F3N5OS+. The van der Waals surface area contributed by atoms with Crippen LogP contribution in [-0.2, 0) is 0 Å². The summed E-state index contributed by atoms with van der Waals surface area (Å²) in [4.78, 5) is 0. The van der Waals surface area contributed by atoms with Gasteiger partial charge in [0.05, 0.1) is 22.7 Å². The van der Waals surface area contributed by atoms with Gasteiger partial charge in [-0.15, -0.1) is 0 Å². The topological polar surface area (TPSA) is 94.2 Å². The summed E-state index contributed by atoms with van der Waals surface area (Å²) in [6.45, 7) is 11.5. The summed E-state index contributed by atoms with van der Waals surface area (Å²) in [5.74, 6) is -2.98. The quantitative estimate of drug-likeness (QED) is 0.0511. The third kappa shape index (κ3) is 6.30. The molecule has 0 aliphatic carbocycles. The fourth-order valence-electron chi connectivity index (χ4n) is 3.88. The van der Waals surface area contributed by atoms with Gasteiger partial charge in [0.2, 0.25) is 5.69 Å². The number of hydrogen-bond donors (Lipinski definition) is 6. The fraction of sp³-hybridized carbons (Fsp3) is 0.207. The van der Waals surface area contributed by atoms with Crippen LogP contribution in [0.5, 0.6) is 0 Å². The van der Waals surface area contributed by atoms with Crippen molar-refractivity contribution in [2.24, 2.45) is 5.92 Å². The van der Waals surface area contributed by atoms with E-state index in [1.807, 2.05) is 32.9 Å². The molecule has 0 aromatic heterocycles. The van der Waals surface area contributed by atoms with Gasteiger partial charge in [0.1, 0.15) is 24.3 Å². The van der Waals surface area contributed by atoms with Crippen LogP contribution in [0.4, 0.5) is 30.2 Å². The lowest BCUT2D eigenvalue weighted by molar-refractivity contribution is 0.0516. The first-order valence-electron chi connectivity index (χ1n) is 12.3. The average molecular weight is 557 g/mol. The molecule has 6 N–H and O–H groups in total. The molecule has 10 heteroatoms. The molecular weight excluding hydrogens is 523 g/mol. The highest BCUT2D eigenvalue weighted by atomic mass is 32.1. The SMILES string of the molecule is C=C(N/C=C\[C@H](C)CC)C(=N)c1ccc(-c2c(F)ccc(N[N+](O)(S)c3cccc(C)c3C)c2F)c(F)c1N. The lowest BCUT2D eigenvalue weighted by Crippen LogP contribution is -2.42. The van der Waals surface area contributed by atoms with Gasteiger partial charge in [-0.1, -0.05) is 51.1 Å². The number of rotatable bonds is 10. The normalized spacial score (nSPS) is 13.7. The molecule has 206 valence electrons. The number of benzene rings is 3. The summed E-state index contributed by atoms with van der Waals surface area (Å²) in [5, 5.41) is 22.2. The summed E-state index contributed by atoms with van der Waals surface area (Å²) in [5.41, 5.74) is 8.48. The van der Waals surface area contributed by atoms with Crippen LogP contribution in [0.3, 0.4) is 0 Å². The van der Waals surface area contributed by atoms with Gasteiger partial charge >= 0.3 is 0 Å². The van der Waals surface area contributed by atoms with Crippen LogP contribution < -0.4 is 20.6 Å². The highest BCUT2D eigenvalue weighted by Crippen LogP contribution is 2.37. The Bertz CT molecular complexity index is 1460. The summed E-state index contributed by atoms with van der Waals surface area (Å²) >= 11 is 4.22. The first-order chi connectivity index (χ1) is 18.3. The van der Waals surface area contributed by atoms with E-state index in [4.69, 9.17) is 11.1 Å². The number of allylic oxidation sites excluding steroid dienone is 2. The van der Waals surface area contributed by atoms with E-state index in [0.717, 1.165) is 30.2 Å². The van der Waals surface area contributed by atoms with Gasteiger partial charge in [0.25, 0.3) is 0 Å². The average Bonchev–Trinajstić information content (AvgIpc) is 2.89. The predicted octanol–water partition coefficient (Wildman–Crippen LogP) is 7.57. The van der Waals surface area contributed by atoms with E-state index < -0.39 is 38.4 Å². The van der Waals surface area contributed by atoms with Crippen molar-refractivity contribution < 1.29 is 18.4 Å². The lowest BCUT2D eigenvalue weighted by Gasteiger charge is -2.25. The monoisotopic (exact) mass is 556 g/mol. The molecule has 3 aromatic rings. The molecule has 0 amide bonds.